The van der Waals surface area contributed by atoms with Crippen LogP contribution in [0.2, 0.25) is 0 Å². The predicted molar refractivity (Wildman–Crippen MR) is 83.8 cm³/mol. The molecule has 1 aliphatic rings. The molecule has 0 N–H and O–H groups in total. The maximum atomic E-state index is 5.79. The number of ether oxygens (including phenoxy) is 1. The SMILES string of the molecule is CC1CCCCN1CCCCOc1ccccc1Br. The van der Waals surface area contributed by atoms with Gasteiger partial charge in [-0.2, -0.15) is 0 Å². The molecule has 1 fully saturated rings. The number of rotatable bonds is 6. The summed E-state index contributed by atoms with van der Waals surface area (Å²) < 4.78 is 6.83. The lowest BCUT2D eigenvalue weighted by Crippen LogP contribution is -2.38. The number of halogens is 1. The van der Waals surface area contributed by atoms with Gasteiger partial charge in [-0.05, 0) is 73.8 Å². The molecule has 3 heteroatoms. The lowest BCUT2D eigenvalue weighted by molar-refractivity contribution is 0.154. The summed E-state index contributed by atoms with van der Waals surface area (Å²) >= 11 is 3.50. The zero-order valence-electron chi connectivity index (χ0n) is 11.8. The molecular formula is C16H24BrNO. The van der Waals surface area contributed by atoms with E-state index in [-0.39, 0.29) is 0 Å². The van der Waals surface area contributed by atoms with Gasteiger partial charge in [-0.25, -0.2) is 0 Å². The summed E-state index contributed by atoms with van der Waals surface area (Å²) in [6.07, 6.45) is 6.51. The Bertz CT molecular complexity index is 383. The predicted octanol–water partition coefficient (Wildman–Crippen LogP) is 4.48. The summed E-state index contributed by atoms with van der Waals surface area (Å²) in [5, 5.41) is 0. The van der Waals surface area contributed by atoms with E-state index < -0.39 is 0 Å². The minimum absolute atomic E-state index is 0.776. The Hall–Kier alpha value is -0.540. The third kappa shape index (κ3) is 4.81. The van der Waals surface area contributed by atoms with Gasteiger partial charge >= 0.3 is 0 Å². The van der Waals surface area contributed by atoms with E-state index in [1.54, 1.807) is 0 Å². The fourth-order valence-electron chi connectivity index (χ4n) is 2.65. The van der Waals surface area contributed by atoms with Crippen LogP contribution in [0.25, 0.3) is 0 Å². The van der Waals surface area contributed by atoms with E-state index >= 15 is 0 Å². The van der Waals surface area contributed by atoms with Gasteiger partial charge in [0.1, 0.15) is 5.75 Å². The van der Waals surface area contributed by atoms with Gasteiger partial charge in [-0.1, -0.05) is 18.6 Å². The highest BCUT2D eigenvalue weighted by Gasteiger charge is 2.16. The molecule has 0 saturated carbocycles. The van der Waals surface area contributed by atoms with Crippen LogP contribution < -0.4 is 4.74 Å². The molecule has 1 aromatic carbocycles. The molecule has 1 heterocycles. The Morgan fingerprint density at radius 1 is 1.26 bits per heavy atom. The highest BCUT2D eigenvalue weighted by molar-refractivity contribution is 9.10. The van der Waals surface area contributed by atoms with Crippen LogP contribution in [0.5, 0.6) is 5.75 Å². The van der Waals surface area contributed by atoms with Crippen LogP contribution in [-0.2, 0) is 0 Å². The van der Waals surface area contributed by atoms with E-state index in [4.69, 9.17) is 4.74 Å². The summed E-state index contributed by atoms with van der Waals surface area (Å²) in [5.41, 5.74) is 0. The van der Waals surface area contributed by atoms with Gasteiger partial charge in [0.15, 0.2) is 0 Å². The number of likely N-dealkylation sites (tertiary alicyclic amines) is 1. The second kappa shape index (κ2) is 7.91. The Kier molecular flexibility index (Phi) is 6.18. The first-order valence-electron chi connectivity index (χ1n) is 7.39. The van der Waals surface area contributed by atoms with Gasteiger partial charge < -0.3 is 9.64 Å². The minimum Gasteiger partial charge on any atom is -0.492 e. The standard InChI is InChI=1S/C16H24BrNO/c1-14-8-4-5-11-18(14)12-6-7-13-19-16-10-3-2-9-15(16)17/h2-3,9-10,14H,4-8,11-13H2,1H3. The third-order valence-corrected chi connectivity index (χ3v) is 4.53. The number of benzene rings is 1. The van der Waals surface area contributed by atoms with Crippen LogP contribution in [0.3, 0.4) is 0 Å². The highest BCUT2D eigenvalue weighted by Crippen LogP contribution is 2.24. The second-order valence-corrected chi connectivity index (χ2v) is 6.22. The Morgan fingerprint density at radius 3 is 2.89 bits per heavy atom. The van der Waals surface area contributed by atoms with Crippen molar-refractivity contribution in [1.29, 1.82) is 0 Å². The largest absolute Gasteiger partial charge is 0.492 e. The number of hydrogen-bond acceptors (Lipinski definition) is 2. The molecule has 106 valence electrons. The zero-order valence-corrected chi connectivity index (χ0v) is 13.4. The highest BCUT2D eigenvalue weighted by atomic mass is 79.9. The van der Waals surface area contributed by atoms with Crippen LogP contribution >= 0.6 is 15.9 Å². The summed E-state index contributed by atoms with van der Waals surface area (Å²) in [7, 11) is 0. The molecule has 0 radical (unpaired) electrons. The Balaban J connectivity index is 1.61. The first-order chi connectivity index (χ1) is 9.27. The molecular weight excluding hydrogens is 302 g/mol. The first-order valence-corrected chi connectivity index (χ1v) is 8.18. The first kappa shape index (κ1) is 14.9. The molecule has 0 spiro atoms. The van der Waals surface area contributed by atoms with E-state index in [9.17, 15) is 0 Å². The summed E-state index contributed by atoms with van der Waals surface area (Å²) in [6.45, 7) is 5.67. The number of piperidine rings is 1. The molecule has 0 amide bonds. The minimum atomic E-state index is 0.776. The smallest absolute Gasteiger partial charge is 0.133 e. The monoisotopic (exact) mass is 325 g/mol. The van der Waals surface area contributed by atoms with Crippen molar-refractivity contribution in [2.24, 2.45) is 0 Å². The van der Waals surface area contributed by atoms with E-state index in [1.807, 2.05) is 24.3 Å². The summed E-state index contributed by atoms with van der Waals surface area (Å²) in [5.74, 6) is 0.953. The maximum absolute atomic E-state index is 5.79. The third-order valence-electron chi connectivity index (χ3n) is 3.87. The Morgan fingerprint density at radius 2 is 2.11 bits per heavy atom. The van der Waals surface area contributed by atoms with Gasteiger partial charge in [0, 0.05) is 6.04 Å². The van der Waals surface area contributed by atoms with E-state index in [2.05, 4.69) is 27.8 Å². The van der Waals surface area contributed by atoms with Crippen molar-refractivity contribution in [2.45, 2.75) is 45.1 Å². The molecule has 2 rings (SSSR count). The Labute approximate surface area is 125 Å². The molecule has 2 nitrogen and oxygen atoms in total. The van der Waals surface area contributed by atoms with Crippen molar-refractivity contribution in [3.63, 3.8) is 0 Å². The lowest BCUT2D eigenvalue weighted by atomic mass is 10.0. The van der Waals surface area contributed by atoms with Crippen molar-refractivity contribution >= 4 is 15.9 Å². The topological polar surface area (TPSA) is 12.5 Å². The van der Waals surface area contributed by atoms with Crippen molar-refractivity contribution in [2.75, 3.05) is 19.7 Å². The second-order valence-electron chi connectivity index (χ2n) is 5.37. The molecule has 1 aromatic rings. The number of nitrogens with zero attached hydrogens (tertiary/aromatic N) is 1. The van der Waals surface area contributed by atoms with Gasteiger partial charge in [-0.15, -0.1) is 0 Å². The maximum Gasteiger partial charge on any atom is 0.133 e. The average Bonchev–Trinajstić information content (AvgIpc) is 2.42. The van der Waals surface area contributed by atoms with Crippen molar-refractivity contribution in [3.05, 3.63) is 28.7 Å². The number of hydrogen-bond donors (Lipinski definition) is 0. The van der Waals surface area contributed by atoms with Crippen LogP contribution in [0.15, 0.2) is 28.7 Å². The fraction of sp³-hybridized carbons (Fsp3) is 0.625. The molecule has 0 aliphatic carbocycles. The molecule has 0 bridgehead atoms. The van der Waals surface area contributed by atoms with Gasteiger partial charge in [0.05, 0.1) is 11.1 Å². The number of unbranched alkanes of at least 4 members (excludes halogenated alkanes) is 1. The van der Waals surface area contributed by atoms with E-state index in [0.29, 0.717) is 0 Å². The van der Waals surface area contributed by atoms with Crippen LogP contribution in [-0.4, -0.2) is 30.6 Å². The van der Waals surface area contributed by atoms with Gasteiger partial charge in [0.2, 0.25) is 0 Å². The normalized spacial score (nSPS) is 20.4. The van der Waals surface area contributed by atoms with Crippen molar-refractivity contribution in [3.8, 4) is 5.75 Å². The molecule has 0 aromatic heterocycles. The number of para-hydroxylation sites is 1. The van der Waals surface area contributed by atoms with Crippen molar-refractivity contribution in [1.82, 2.24) is 4.90 Å². The van der Waals surface area contributed by atoms with Gasteiger partial charge in [0.25, 0.3) is 0 Å². The molecule has 1 atom stereocenters. The summed E-state index contributed by atoms with van der Waals surface area (Å²) in [6, 6.07) is 8.82. The van der Waals surface area contributed by atoms with Crippen LogP contribution in [0.4, 0.5) is 0 Å². The van der Waals surface area contributed by atoms with Crippen molar-refractivity contribution < 1.29 is 4.74 Å². The van der Waals surface area contributed by atoms with Crippen LogP contribution in [0, 0.1) is 0 Å². The average molecular weight is 326 g/mol. The van der Waals surface area contributed by atoms with Gasteiger partial charge in [-0.3, -0.25) is 0 Å². The van der Waals surface area contributed by atoms with Crippen LogP contribution in [0.1, 0.15) is 39.0 Å². The quantitative estimate of drug-likeness (QED) is 0.715. The zero-order chi connectivity index (χ0) is 13.5. The molecule has 1 unspecified atom stereocenters. The lowest BCUT2D eigenvalue weighted by Gasteiger charge is -2.33. The molecule has 1 aliphatic heterocycles. The van der Waals surface area contributed by atoms with E-state index in [1.165, 1.54) is 38.8 Å². The summed E-state index contributed by atoms with van der Waals surface area (Å²) in [4.78, 5) is 2.63. The molecule has 19 heavy (non-hydrogen) atoms. The fourth-order valence-corrected chi connectivity index (χ4v) is 3.05. The molecule has 1 saturated heterocycles. The van der Waals surface area contributed by atoms with E-state index in [0.717, 1.165) is 29.3 Å².